The van der Waals surface area contributed by atoms with E-state index in [0.717, 1.165) is 44.9 Å². The van der Waals surface area contributed by atoms with Crippen molar-refractivity contribution in [3.8, 4) is 0 Å². The third-order valence-electron chi connectivity index (χ3n) is 6.95. The zero-order chi connectivity index (χ0) is 28.6. The molecule has 220 valence electrons. The molecule has 0 aromatic rings. The molecular weight excluding hydrogens is 490 g/mol. The molecule has 1 amide bonds. The van der Waals surface area contributed by atoms with Crippen molar-refractivity contribution in [1.29, 1.82) is 0 Å². The summed E-state index contributed by atoms with van der Waals surface area (Å²) >= 11 is 0. The van der Waals surface area contributed by atoms with Crippen LogP contribution in [0, 0.1) is 11.8 Å². The Kier molecular flexibility index (Phi) is 22.1. The molecule has 38 heavy (non-hydrogen) atoms. The van der Waals surface area contributed by atoms with Crippen molar-refractivity contribution in [2.75, 3.05) is 6.54 Å². The Morgan fingerprint density at radius 2 is 1.08 bits per heavy atom. The van der Waals surface area contributed by atoms with E-state index in [0.29, 0.717) is 32.2 Å². The smallest absolute Gasteiger partial charge is 0.306 e. The lowest BCUT2D eigenvalue weighted by Crippen LogP contribution is -2.26. The van der Waals surface area contributed by atoms with E-state index in [1.807, 2.05) is 0 Å². The predicted molar refractivity (Wildman–Crippen MR) is 146 cm³/mol. The van der Waals surface area contributed by atoms with Crippen LogP contribution in [0.5, 0.6) is 0 Å². The lowest BCUT2D eigenvalue weighted by molar-refractivity contribution is -0.144. The number of amides is 1. The number of hydrogen-bond acceptors (Lipinski definition) is 5. The van der Waals surface area contributed by atoms with Crippen LogP contribution in [0.25, 0.3) is 0 Å². The highest BCUT2D eigenvalue weighted by Gasteiger charge is 2.22. The summed E-state index contributed by atoms with van der Waals surface area (Å²) in [4.78, 5) is 57.0. The van der Waals surface area contributed by atoms with Crippen LogP contribution in [-0.2, 0) is 24.0 Å². The molecule has 0 heterocycles. The fourth-order valence-electron chi connectivity index (χ4n) is 4.38. The normalized spacial score (nSPS) is 12.6. The van der Waals surface area contributed by atoms with E-state index in [9.17, 15) is 29.1 Å². The number of carboxylic acids is 3. The van der Waals surface area contributed by atoms with Gasteiger partial charge in [-0.05, 0) is 32.1 Å². The number of nitrogens with one attached hydrogen (secondary N) is 1. The fraction of sp³-hybridized carbons (Fsp3) is 0.828. The van der Waals surface area contributed by atoms with Gasteiger partial charge >= 0.3 is 17.9 Å². The molecule has 0 bridgehead atoms. The summed E-state index contributed by atoms with van der Waals surface area (Å²) in [5, 5.41) is 29.6. The van der Waals surface area contributed by atoms with E-state index in [-0.39, 0.29) is 37.4 Å². The van der Waals surface area contributed by atoms with Crippen LogP contribution in [0.3, 0.4) is 0 Å². The van der Waals surface area contributed by atoms with Crippen molar-refractivity contribution < 1.29 is 39.3 Å². The number of ketones is 1. The molecule has 0 saturated heterocycles. The van der Waals surface area contributed by atoms with Crippen molar-refractivity contribution in [1.82, 2.24) is 5.32 Å². The van der Waals surface area contributed by atoms with Crippen molar-refractivity contribution in [2.45, 2.75) is 135 Å². The Hall–Kier alpha value is -2.45. The summed E-state index contributed by atoms with van der Waals surface area (Å²) in [6.07, 6.45) is 15.5. The minimum atomic E-state index is -1.05. The van der Waals surface area contributed by atoms with Crippen molar-refractivity contribution in [2.24, 2.45) is 11.8 Å². The number of hydrogen-bond donors (Lipinski definition) is 4. The van der Waals surface area contributed by atoms with Crippen LogP contribution in [0.2, 0.25) is 0 Å². The molecule has 0 aliphatic heterocycles. The summed E-state index contributed by atoms with van der Waals surface area (Å²) in [5.74, 6) is -4.15. The second-order valence-corrected chi connectivity index (χ2v) is 10.5. The van der Waals surface area contributed by atoms with Gasteiger partial charge in [0.2, 0.25) is 5.91 Å². The van der Waals surface area contributed by atoms with E-state index in [1.165, 1.54) is 32.1 Å². The van der Waals surface area contributed by atoms with Gasteiger partial charge in [-0.3, -0.25) is 24.0 Å². The molecule has 0 spiro atoms. The van der Waals surface area contributed by atoms with E-state index < -0.39 is 29.7 Å². The van der Waals surface area contributed by atoms with Gasteiger partial charge in [-0.2, -0.15) is 0 Å². The molecule has 0 rings (SSSR count). The van der Waals surface area contributed by atoms with Crippen LogP contribution >= 0.6 is 0 Å². The first-order valence-corrected chi connectivity index (χ1v) is 14.6. The molecule has 0 aromatic heterocycles. The van der Waals surface area contributed by atoms with Crippen LogP contribution in [0.1, 0.15) is 135 Å². The third-order valence-corrected chi connectivity index (χ3v) is 6.95. The first-order chi connectivity index (χ1) is 18.1. The standard InChI is InChI=1S/C29H51NO8/c1-23(28(35)36)16-14-15-21-30-26(32)20-19-24(29(37)38)22-25(31)17-12-10-8-6-4-2-3-5-7-9-11-13-18-27(33)34/h23-24H,2-22H2,1H3,(H,30,32)(H,33,34)(H,35,36)(H,37,38)/t23-,24+/m0/s1. The topological polar surface area (TPSA) is 158 Å². The summed E-state index contributed by atoms with van der Waals surface area (Å²) in [5.41, 5.74) is 0. The molecular formula is C29H51NO8. The van der Waals surface area contributed by atoms with Crippen LogP contribution in [-0.4, -0.2) is 51.5 Å². The Morgan fingerprint density at radius 1 is 0.579 bits per heavy atom. The van der Waals surface area contributed by atoms with Crippen molar-refractivity contribution in [3.63, 3.8) is 0 Å². The highest BCUT2D eigenvalue weighted by molar-refractivity contribution is 5.84. The quantitative estimate of drug-likeness (QED) is 0.0924. The van der Waals surface area contributed by atoms with Crippen molar-refractivity contribution in [3.05, 3.63) is 0 Å². The molecule has 9 heteroatoms. The maximum absolute atomic E-state index is 12.2. The van der Waals surface area contributed by atoms with Gasteiger partial charge in [0.25, 0.3) is 0 Å². The maximum atomic E-state index is 12.2. The highest BCUT2D eigenvalue weighted by Crippen LogP contribution is 2.17. The number of rotatable bonds is 27. The number of carbonyl (C=O) groups excluding carboxylic acids is 2. The van der Waals surface area contributed by atoms with Gasteiger partial charge in [-0.1, -0.05) is 77.6 Å². The number of aliphatic carboxylic acids is 3. The van der Waals surface area contributed by atoms with E-state index in [4.69, 9.17) is 10.2 Å². The fourth-order valence-corrected chi connectivity index (χ4v) is 4.38. The van der Waals surface area contributed by atoms with Gasteiger partial charge in [0.15, 0.2) is 0 Å². The van der Waals surface area contributed by atoms with Gasteiger partial charge < -0.3 is 20.6 Å². The first-order valence-electron chi connectivity index (χ1n) is 14.6. The van der Waals surface area contributed by atoms with Crippen molar-refractivity contribution >= 4 is 29.6 Å². The second kappa shape index (κ2) is 23.7. The van der Waals surface area contributed by atoms with Crippen LogP contribution < -0.4 is 5.32 Å². The van der Waals surface area contributed by atoms with Gasteiger partial charge in [0, 0.05) is 32.2 Å². The Morgan fingerprint density at radius 3 is 1.55 bits per heavy atom. The third kappa shape index (κ3) is 22.7. The van der Waals surface area contributed by atoms with E-state index >= 15 is 0 Å². The molecule has 0 aromatic carbocycles. The average Bonchev–Trinajstić information content (AvgIpc) is 2.85. The molecule has 4 N–H and O–H groups in total. The second-order valence-electron chi connectivity index (χ2n) is 10.5. The van der Waals surface area contributed by atoms with Gasteiger partial charge in [-0.25, -0.2) is 0 Å². The summed E-state index contributed by atoms with van der Waals surface area (Å²) in [7, 11) is 0. The predicted octanol–water partition coefficient (Wildman–Crippen LogP) is 5.98. The summed E-state index contributed by atoms with van der Waals surface area (Å²) in [6, 6.07) is 0. The highest BCUT2D eigenvalue weighted by atomic mass is 16.4. The minimum Gasteiger partial charge on any atom is -0.481 e. The summed E-state index contributed by atoms with van der Waals surface area (Å²) < 4.78 is 0. The van der Waals surface area contributed by atoms with Crippen LogP contribution in [0.15, 0.2) is 0 Å². The SMILES string of the molecule is C[C@@H](CCCCNC(=O)CC[C@H](CC(=O)CCCCCCCCCCCCCCC(=O)O)C(=O)O)C(=O)O. The van der Waals surface area contributed by atoms with E-state index in [2.05, 4.69) is 5.32 Å². The van der Waals surface area contributed by atoms with Crippen LogP contribution in [0.4, 0.5) is 0 Å². The molecule has 0 aliphatic rings. The number of Topliss-reactive ketones (excluding diaryl/α,β-unsaturated/α-hetero) is 1. The molecule has 2 atom stereocenters. The zero-order valence-corrected chi connectivity index (χ0v) is 23.4. The van der Waals surface area contributed by atoms with Gasteiger partial charge in [-0.15, -0.1) is 0 Å². The minimum absolute atomic E-state index is 0.0357. The lowest BCUT2D eigenvalue weighted by atomic mass is 9.94. The monoisotopic (exact) mass is 541 g/mol. The first kappa shape index (κ1) is 35.5. The lowest BCUT2D eigenvalue weighted by Gasteiger charge is -2.12. The van der Waals surface area contributed by atoms with Gasteiger partial charge in [0.05, 0.1) is 11.8 Å². The summed E-state index contributed by atoms with van der Waals surface area (Å²) in [6.45, 7) is 2.08. The molecule has 0 saturated carbocycles. The molecule has 0 unspecified atom stereocenters. The molecule has 0 fully saturated rings. The molecule has 0 aliphatic carbocycles. The van der Waals surface area contributed by atoms with E-state index in [1.54, 1.807) is 6.92 Å². The van der Waals surface area contributed by atoms with Gasteiger partial charge in [0.1, 0.15) is 5.78 Å². The number of carboxylic acid groups (broad SMARTS) is 3. The Balaban J connectivity index is 3.75. The molecule has 9 nitrogen and oxygen atoms in total. The number of carbonyl (C=O) groups is 5. The maximum Gasteiger partial charge on any atom is 0.306 e. The average molecular weight is 542 g/mol. The zero-order valence-electron chi connectivity index (χ0n) is 23.4. The molecule has 0 radical (unpaired) electrons. The number of unbranched alkanes of at least 4 members (excludes halogenated alkanes) is 12. The largest absolute Gasteiger partial charge is 0.481 e. The Bertz CT molecular complexity index is 694. The Labute approximate surface area is 228 Å².